The summed E-state index contributed by atoms with van der Waals surface area (Å²) in [6.45, 7) is 2.19. The first-order valence-electron chi connectivity index (χ1n) is 7.23. The van der Waals surface area contributed by atoms with Crippen molar-refractivity contribution >= 4 is 0 Å². The highest BCUT2D eigenvalue weighted by molar-refractivity contribution is 4.66. The maximum Gasteiger partial charge on any atom is 0.389 e. The second-order valence-corrected chi connectivity index (χ2v) is 5.05. The Bertz CT molecular complexity index is 180. The van der Waals surface area contributed by atoms with Crippen LogP contribution in [0.25, 0.3) is 0 Å². The molecule has 110 valence electrons. The lowest BCUT2D eigenvalue weighted by Crippen LogP contribution is -2.25. The Morgan fingerprint density at radius 1 is 0.889 bits per heavy atom. The van der Waals surface area contributed by atoms with E-state index >= 15 is 0 Å². The molecule has 0 amide bonds. The summed E-state index contributed by atoms with van der Waals surface area (Å²) >= 11 is 0. The summed E-state index contributed by atoms with van der Waals surface area (Å²) in [7, 11) is 1.84. The van der Waals surface area contributed by atoms with Crippen molar-refractivity contribution in [3.8, 4) is 0 Å². The molecule has 0 aromatic carbocycles. The van der Waals surface area contributed by atoms with E-state index in [1.54, 1.807) is 0 Å². The van der Waals surface area contributed by atoms with Gasteiger partial charge in [-0.15, -0.1) is 0 Å². The maximum atomic E-state index is 12.0. The fourth-order valence-corrected chi connectivity index (χ4v) is 2.15. The summed E-state index contributed by atoms with van der Waals surface area (Å²) in [6, 6.07) is 0.249. The topological polar surface area (TPSA) is 12.0 Å². The number of halogens is 3. The number of unbranched alkanes of at least 4 members (excludes halogenated alkanes) is 5. The minimum absolute atomic E-state index is 0.241. The Kier molecular flexibility index (Phi) is 10.5. The van der Waals surface area contributed by atoms with Crippen LogP contribution in [0.2, 0.25) is 0 Å². The van der Waals surface area contributed by atoms with E-state index in [1.807, 2.05) is 7.05 Å². The zero-order chi connectivity index (χ0) is 13.9. The maximum absolute atomic E-state index is 12.0. The first-order valence-corrected chi connectivity index (χ1v) is 7.23. The van der Waals surface area contributed by atoms with Gasteiger partial charge in [0.05, 0.1) is 0 Å². The molecule has 18 heavy (non-hydrogen) atoms. The molecule has 1 N–H and O–H groups in total. The van der Waals surface area contributed by atoms with E-state index < -0.39 is 12.6 Å². The number of alkyl halides is 3. The Morgan fingerprint density at radius 2 is 1.44 bits per heavy atom. The molecule has 0 rings (SSSR count). The van der Waals surface area contributed by atoms with Crippen molar-refractivity contribution < 1.29 is 13.2 Å². The minimum Gasteiger partial charge on any atom is -0.317 e. The van der Waals surface area contributed by atoms with Crippen LogP contribution < -0.4 is 5.32 Å². The van der Waals surface area contributed by atoms with Crippen molar-refractivity contribution in [2.24, 2.45) is 0 Å². The zero-order valence-corrected chi connectivity index (χ0v) is 11.8. The van der Waals surface area contributed by atoms with Gasteiger partial charge in [-0.05, 0) is 26.3 Å². The van der Waals surface area contributed by atoms with Crippen LogP contribution in [0.1, 0.15) is 71.1 Å². The lowest BCUT2D eigenvalue weighted by atomic mass is 10.0. The normalized spacial score (nSPS) is 13.8. The van der Waals surface area contributed by atoms with Gasteiger partial charge in [0.2, 0.25) is 0 Å². The van der Waals surface area contributed by atoms with Crippen LogP contribution in [-0.4, -0.2) is 19.3 Å². The van der Waals surface area contributed by atoms with Crippen molar-refractivity contribution in [1.82, 2.24) is 5.32 Å². The molecule has 0 saturated heterocycles. The van der Waals surface area contributed by atoms with Crippen LogP contribution >= 0.6 is 0 Å². The van der Waals surface area contributed by atoms with E-state index in [1.165, 1.54) is 32.1 Å². The average molecular weight is 267 g/mol. The fourth-order valence-electron chi connectivity index (χ4n) is 2.15. The number of hydrogen-bond donors (Lipinski definition) is 1. The van der Waals surface area contributed by atoms with Gasteiger partial charge in [-0.2, -0.15) is 13.2 Å². The number of nitrogens with one attached hydrogen (secondary N) is 1. The predicted molar refractivity (Wildman–Crippen MR) is 70.7 cm³/mol. The molecule has 0 aliphatic rings. The van der Waals surface area contributed by atoms with Gasteiger partial charge in [-0.25, -0.2) is 0 Å². The van der Waals surface area contributed by atoms with Gasteiger partial charge in [-0.1, -0.05) is 45.4 Å². The highest BCUT2D eigenvalue weighted by atomic mass is 19.4. The number of rotatable bonds is 11. The standard InChI is InChI=1S/C14H28F3N/c1-3-4-5-6-7-8-10-13(18-2)11-9-12-14(15,16)17/h13,18H,3-12H2,1-2H3. The molecule has 0 aromatic heterocycles. The van der Waals surface area contributed by atoms with Crippen LogP contribution in [0, 0.1) is 0 Å². The minimum atomic E-state index is -4.00. The van der Waals surface area contributed by atoms with Gasteiger partial charge in [0.1, 0.15) is 0 Å². The zero-order valence-electron chi connectivity index (χ0n) is 11.8. The van der Waals surface area contributed by atoms with Gasteiger partial charge in [-0.3, -0.25) is 0 Å². The highest BCUT2D eigenvalue weighted by Gasteiger charge is 2.26. The van der Waals surface area contributed by atoms with Gasteiger partial charge < -0.3 is 5.32 Å². The van der Waals surface area contributed by atoms with E-state index in [-0.39, 0.29) is 12.5 Å². The number of hydrogen-bond acceptors (Lipinski definition) is 1. The van der Waals surface area contributed by atoms with Crippen LogP contribution in [0.5, 0.6) is 0 Å². The summed E-state index contributed by atoms with van der Waals surface area (Å²) in [4.78, 5) is 0. The van der Waals surface area contributed by atoms with Crippen LogP contribution in [0.15, 0.2) is 0 Å². The molecule has 0 bridgehead atoms. The van der Waals surface area contributed by atoms with E-state index in [0.29, 0.717) is 6.42 Å². The molecule has 0 radical (unpaired) electrons. The smallest absolute Gasteiger partial charge is 0.317 e. The lowest BCUT2D eigenvalue weighted by molar-refractivity contribution is -0.135. The van der Waals surface area contributed by atoms with Crippen LogP contribution in [-0.2, 0) is 0 Å². The lowest BCUT2D eigenvalue weighted by Gasteiger charge is -2.16. The second kappa shape index (κ2) is 10.7. The average Bonchev–Trinajstić information content (AvgIpc) is 2.29. The summed E-state index contributed by atoms with van der Waals surface area (Å²) in [5, 5.41) is 3.12. The Hall–Kier alpha value is -0.250. The molecule has 1 unspecified atom stereocenters. The molecule has 1 atom stereocenters. The first-order chi connectivity index (χ1) is 8.49. The van der Waals surface area contributed by atoms with Gasteiger partial charge in [0.15, 0.2) is 0 Å². The van der Waals surface area contributed by atoms with Crippen LogP contribution in [0.3, 0.4) is 0 Å². The summed E-state index contributed by atoms with van der Waals surface area (Å²) in [5.41, 5.74) is 0. The first kappa shape index (κ1) is 17.8. The van der Waals surface area contributed by atoms with Gasteiger partial charge >= 0.3 is 6.18 Å². The van der Waals surface area contributed by atoms with E-state index in [0.717, 1.165) is 12.8 Å². The van der Waals surface area contributed by atoms with E-state index in [9.17, 15) is 13.2 Å². The Balaban J connectivity index is 3.47. The second-order valence-electron chi connectivity index (χ2n) is 5.05. The van der Waals surface area contributed by atoms with E-state index in [4.69, 9.17) is 0 Å². The van der Waals surface area contributed by atoms with Crippen molar-refractivity contribution in [1.29, 1.82) is 0 Å². The molecule has 0 spiro atoms. The molecule has 0 heterocycles. The predicted octanol–water partition coefficient (Wildman–Crippen LogP) is 5.06. The summed E-state index contributed by atoms with van der Waals surface area (Å²) in [5.74, 6) is 0. The third-order valence-electron chi connectivity index (χ3n) is 3.33. The quantitative estimate of drug-likeness (QED) is 0.516. The molecule has 1 nitrogen and oxygen atoms in total. The van der Waals surface area contributed by atoms with Gasteiger partial charge in [0.25, 0.3) is 0 Å². The summed E-state index contributed by atoms with van der Waals surface area (Å²) in [6.07, 6.45) is 4.63. The molecule has 4 heteroatoms. The monoisotopic (exact) mass is 267 g/mol. The van der Waals surface area contributed by atoms with Crippen molar-refractivity contribution in [3.05, 3.63) is 0 Å². The largest absolute Gasteiger partial charge is 0.389 e. The van der Waals surface area contributed by atoms with Gasteiger partial charge in [0, 0.05) is 12.5 Å². The highest BCUT2D eigenvalue weighted by Crippen LogP contribution is 2.23. The SMILES string of the molecule is CCCCCCCCC(CCCC(F)(F)F)NC. The van der Waals surface area contributed by atoms with E-state index in [2.05, 4.69) is 12.2 Å². The molecular formula is C14H28F3N. The summed E-state index contributed by atoms with van der Waals surface area (Å²) < 4.78 is 36.0. The molecule has 0 aromatic rings. The van der Waals surface area contributed by atoms with Crippen LogP contribution in [0.4, 0.5) is 13.2 Å². The third-order valence-corrected chi connectivity index (χ3v) is 3.33. The third kappa shape index (κ3) is 12.2. The molecule has 0 saturated carbocycles. The molecule has 0 aliphatic heterocycles. The fraction of sp³-hybridized carbons (Fsp3) is 1.00. The van der Waals surface area contributed by atoms with Crippen molar-refractivity contribution in [3.63, 3.8) is 0 Å². The Morgan fingerprint density at radius 3 is 2.00 bits per heavy atom. The van der Waals surface area contributed by atoms with Crippen molar-refractivity contribution in [2.75, 3.05) is 7.05 Å². The molecule has 0 aliphatic carbocycles. The molecule has 0 fully saturated rings. The molecular weight excluding hydrogens is 239 g/mol. The Labute approximate surface area is 110 Å². The van der Waals surface area contributed by atoms with Crippen molar-refractivity contribution in [2.45, 2.75) is 83.4 Å².